The summed E-state index contributed by atoms with van der Waals surface area (Å²) < 4.78 is 0. The Balaban J connectivity index is 1.65. The van der Waals surface area contributed by atoms with Crippen LogP contribution in [0.15, 0.2) is 78.0 Å². The van der Waals surface area contributed by atoms with Crippen molar-refractivity contribution < 1.29 is 0 Å². The smallest absolute Gasteiger partial charge is 0.228 e. The normalized spacial score (nSPS) is 12.4. The standard InChI is InChI=1S/C23H15Cl2N5/c24-15-8-9-16-18(11-15)22(17-5-1-2-6-19(17)25)27-12-14-13-28-23(30-21(14)16)29-20-7-3-4-10-26-20/h1-11,13H,12H2,(H,26,28,29,30). The third kappa shape index (κ3) is 3.54. The Morgan fingerprint density at radius 3 is 2.53 bits per heavy atom. The van der Waals surface area contributed by atoms with E-state index in [-0.39, 0.29) is 0 Å². The van der Waals surface area contributed by atoms with Crippen LogP contribution < -0.4 is 5.32 Å². The third-order valence-electron chi connectivity index (χ3n) is 4.80. The van der Waals surface area contributed by atoms with E-state index in [9.17, 15) is 0 Å². The molecule has 0 bridgehead atoms. The lowest BCUT2D eigenvalue weighted by Gasteiger charge is -2.13. The number of hydrogen-bond donors (Lipinski definition) is 1. The third-order valence-corrected chi connectivity index (χ3v) is 5.36. The molecule has 2 aromatic heterocycles. The summed E-state index contributed by atoms with van der Waals surface area (Å²) in [6.45, 7) is 0.437. The monoisotopic (exact) mass is 431 g/mol. The molecule has 4 aromatic rings. The number of nitrogens with zero attached hydrogens (tertiary/aromatic N) is 4. The Bertz CT molecular complexity index is 1270. The number of hydrogen-bond acceptors (Lipinski definition) is 5. The molecule has 1 N–H and O–H groups in total. The minimum absolute atomic E-state index is 0.437. The van der Waals surface area contributed by atoms with Crippen molar-refractivity contribution >= 4 is 40.7 Å². The van der Waals surface area contributed by atoms with Crippen LogP contribution in [0, 0.1) is 0 Å². The Hall–Kier alpha value is -3.28. The van der Waals surface area contributed by atoms with Gasteiger partial charge in [0.2, 0.25) is 5.95 Å². The molecular formula is C23H15Cl2N5. The molecule has 7 heteroatoms. The van der Waals surface area contributed by atoms with Gasteiger partial charge in [-0.25, -0.2) is 15.0 Å². The lowest BCUT2D eigenvalue weighted by molar-refractivity contribution is 1.02. The molecule has 0 saturated carbocycles. The van der Waals surface area contributed by atoms with E-state index in [4.69, 9.17) is 33.2 Å². The second-order valence-corrected chi connectivity index (χ2v) is 7.59. The quantitative estimate of drug-likeness (QED) is 0.435. The molecule has 0 aliphatic carbocycles. The molecule has 30 heavy (non-hydrogen) atoms. The first-order valence-corrected chi connectivity index (χ1v) is 10.1. The molecule has 0 saturated heterocycles. The molecule has 5 rings (SSSR count). The van der Waals surface area contributed by atoms with Crippen LogP contribution in [0.3, 0.4) is 0 Å². The number of aromatic nitrogens is 3. The highest BCUT2D eigenvalue weighted by Gasteiger charge is 2.22. The molecule has 2 aromatic carbocycles. The van der Waals surface area contributed by atoms with Crippen molar-refractivity contribution in [3.05, 3.63) is 99.8 Å². The van der Waals surface area contributed by atoms with Crippen LogP contribution in [0.25, 0.3) is 11.3 Å². The van der Waals surface area contributed by atoms with E-state index in [1.165, 1.54) is 0 Å². The molecule has 0 spiro atoms. The van der Waals surface area contributed by atoms with Crippen molar-refractivity contribution in [1.82, 2.24) is 15.0 Å². The number of pyridine rings is 1. The summed E-state index contributed by atoms with van der Waals surface area (Å²) in [5, 5.41) is 4.41. The highest BCUT2D eigenvalue weighted by molar-refractivity contribution is 6.36. The maximum Gasteiger partial charge on any atom is 0.228 e. The van der Waals surface area contributed by atoms with E-state index in [1.54, 1.807) is 12.4 Å². The van der Waals surface area contributed by atoms with Gasteiger partial charge in [0.25, 0.3) is 0 Å². The van der Waals surface area contributed by atoms with Crippen LogP contribution in [-0.2, 0) is 6.54 Å². The summed E-state index contributed by atoms with van der Waals surface area (Å²) in [6.07, 6.45) is 3.51. The first-order chi connectivity index (χ1) is 14.7. The minimum atomic E-state index is 0.437. The van der Waals surface area contributed by atoms with E-state index in [1.807, 2.05) is 60.7 Å². The Morgan fingerprint density at radius 1 is 0.833 bits per heavy atom. The average molecular weight is 432 g/mol. The van der Waals surface area contributed by atoms with Crippen molar-refractivity contribution in [3.8, 4) is 11.3 Å². The van der Waals surface area contributed by atoms with Crippen molar-refractivity contribution in [1.29, 1.82) is 0 Å². The van der Waals surface area contributed by atoms with E-state index < -0.39 is 0 Å². The zero-order chi connectivity index (χ0) is 20.5. The highest BCUT2D eigenvalue weighted by Crippen LogP contribution is 2.34. The molecule has 3 heterocycles. The van der Waals surface area contributed by atoms with E-state index in [2.05, 4.69) is 15.3 Å². The van der Waals surface area contributed by atoms with Gasteiger partial charge in [0.15, 0.2) is 0 Å². The predicted octanol–water partition coefficient (Wildman–Crippen LogP) is 5.94. The number of fused-ring (bicyclic) bond motifs is 3. The topological polar surface area (TPSA) is 63.1 Å². The maximum atomic E-state index is 6.49. The number of anilines is 2. The summed E-state index contributed by atoms with van der Waals surface area (Å²) in [7, 11) is 0. The molecule has 1 aliphatic rings. The van der Waals surface area contributed by atoms with Crippen LogP contribution >= 0.6 is 23.2 Å². The maximum absolute atomic E-state index is 6.49. The number of aliphatic imine (C=N–C) groups is 1. The molecule has 146 valence electrons. The van der Waals surface area contributed by atoms with Crippen LogP contribution in [-0.4, -0.2) is 20.7 Å². The fraction of sp³-hybridized carbons (Fsp3) is 0.0435. The van der Waals surface area contributed by atoms with Crippen molar-refractivity contribution in [2.24, 2.45) is 4.99 Å². The molecule has 0 fully saturated rings. The Labute approximate surface area is 183 Å². The van der Waals surface area contributed by atoms with Gasteiger partial charge in [0.05, 0.1) is 18.0 Å². The Kier molecular flexibility index (Phi) is 4.91. The predicted molar refractivity (Wildman–Crippen MR) is 121 cm³/mol. The molecular weight excluding hydrogens is 417 g/mol. The largest absolute Gasteiger partial charge is 0.309 e. The zero-order valence-electron chi connectivity index (χ0n) is 15.7. The highest BCUT2D eigenvalue weighted by atomic mass is 35.5. The molecule has 0 radical (unpaired) electrons. The molecule has 0 amide bonds. The summed E-state index contributed by atoms with van der Waals surface area (Å²) in [6, 6.07) is 19.0. The van der Waals surface area contributed by atoms with Gasteiger partial charge in [-0.3, -0.25) is 4.99 Å². The van der Waals surface area contributed by atoms with Crippen molar-refractivity contribution in [2.45, 2.75) is 6.54 Å². The average Bonchev–Trinajstić information content (AvgIpc) is 2.91. The summed E-state index contributed by atoms with van der Waals surface area (Å²) in [5.74, 6) is 1.14. The zero-order valence-corrected chi connectivity index (χ0v) is 17.2. The van der Waals surface area contributed by atoms with Gasteiger partial charge in [-0.05, 0) is 30.3 Å². The SMILES string of the molecule is Clc1ccc2c(c1)C(c1ccccc1Cl)=NCc1cnc(Nc3ccccn3)nc1-2. The molecule has 1 aliphatic heterocycles. The van der Waals surface area contributed by atoms with Gasteiger partial charge in [-0.15, -0.1) is 0 Å². The number of benzene rings is 2. The first-order valence-electron chi connectivity index (χ1n) is 9.32. The van der Waals surface area contributed by atoms with Crippen LogP contribution in [0.1, 0.15) is 16.7 Å². The fourth-order valence-electron chi connectivity index (χ4n) is 3.42. The number of rotatable bonds is 3. The molecule has 0 atom stereocenters. The first kappa shape index (κ1) is 18.7. The van der Waals surface area contributed by atoms with Crippen LogP contribution in [0.4, 0.5) is 11.8 Å². The van der Waals surface area contributed by atoms with E-state index >= 15 is 0 Å². The van der Waals surface area contributed by atoms with Gasteiger partial charge in [-0.2, -0.15) is 0 Å². The minimum Gasteiger partial charge on any atom is -0.309 e. The van der Waals surface area contributed by atoms with Gasteiger partial charge in [0, 0.05) is 44.7 Å². The lowest BCUT2D eigenvalue weighted by atomic mass is 9.95. The number of nitrogens with one attached hydrogen (secondary N) is 1. The summed E-state index contributed by atoms with van der Waals surface area (Å²) >= 11 is 12.8. The summed E-state index contributed by atoms with van der Waals surface area (Å²) in [5.41, 5.74) is 5.19. The van der Waals surface area contributed by atoms with Gasteiger partial charge in [-0.1, -0.05) is 53.5 Å². The van der Waals surface area contributed by atoms with Crippen molar-refractivity contribution in [2.75, 3.05) is 5.32 Å². The second-order valence-electron chi connectivity index (χ2n) is 6.74. The molecule has 5 nitrogen and oxygen atoms in total. The fourth-order valence-corrected chi connectivity index (χ4v) is 3.82. The molecule has 0 unspecified atom stereocenters. The van der Waals surface area contributed by atoms with Gasteiger partial charge >= 0.3 is 0 Å². The van der Waals surface area contributed by atoms with E-state index in [0.29, 0.717) is 28.4 Å². The van der Waals surface area contributed by atoms with Crippen LogP contribution in [0.5, 0.6) is 0 Å². The van der Waals surface area contributed by atoms with Gasteiger partial charge < -0.3 is 5.32 Å². The Morgan fingerprint density at radius 2 is 1.70 bits per heavy atom. The number of halogens is 2. The van der Waals surface area contributed by atoms with Crippen LogP contribution in [0.2, 0.25) is 10.0 Å². The van der Waals surface area contributed by atoms with Crippen molar-refractivity contribution in [3.63, 3.8) is 0 Å². The lowest BCUT2D eigenvalue weighted by Crippen LogP contribution is -2.06. The summed E-state index contributed by atoms with van der Waals surface area (Å²) in [4.78, 5) is 18.4. The van der Waals surface area contributed by atoms with Gasteiger partial charge in [0.1, 0.15) is 5.82 Å². The van der Waals surface area contributed by atoms with E-state index in [0.717, 1.165) is 33.7 Å². The second kappa shape index (κ2) is 7.86.